The molecule has 0 radical (unpaired) electrons. The van der Waals surface area contributed by atoms with Crippen LogP contribution in [0.3, 0.4) is 0 Å². The minimum absolute atomic E-state index is 0.120. The van der Waals surface area contributed by atoms with Gasteiger partial charge in [0.25, 0.3) is 0 Å². The molecule has 1 aliphatic carbocycles. The monoisotopic (exact) mass is 370 g/mol. The second kappa shape index (κ2) is 8.73. The highest BCUT2D eigenvalue weighted by molar-refractivity contribution is 6.02. The lowest BCUT2D eigenvalue weighted by molar-refractivity contribution is -0.115. The third-order valence-corrected chi connectivity index (χ3v) is 4.68. The molecule has 2 aromatic carbocycles. The molecule has 0 heterocycles. The van der Waals surface area contributed by atoms with Crippen molar-refractivity contribution in [2.75, 3.05) is 0 Å². The van der Waals surface area contributed by atoms with Gasteiger partial charge in [0.1, 0.15) is 0 Å². The molecule has 0 aromatic heterocycles. The Morgan fingerprint density at radius 2 is 1.39 bits per heavy atom. The fourth-order valence-electron chi connectivity index (χ4n) is 3.17. The molecule has 1 aliphatic rings. The summed E-state index contributed by atoms with van der Waals surface area (Å²) in [7, 11) is 0. The summed E-state index contributed by atoms with van der Waals surface area (Å²) in [6.07, 6.45) is 5.01. The van der Waals surface area contributed by atoms with E-state index in [4.69, 9.17) is 11.1 Å². The van der Waals surface area contributed by atoms with Crippen LogP contribution >= 0.6 is 0 Å². The number of nitrogens with zero attached hydrogens (tertiary/aromatic N) is 6. The van der Waals surface area contributed by atoms with Gasteiger partial charge >= 0.3 is 0 Å². The van der Waals surface area contributed by atoms with Gasteiger partial charge in [-0.1, -0.05) is 77.3 Å². The maximum Gasteiger partial charge on any atom is 0.162 e. The molecule has 1 atom stereocenters. The van der Waals surface area contributed by atoms with Crippen molar-refractivity contribution in [3.8, 4) is 0 Å². The fraction of sp³-hybridized carbons (Fsp3) is 0.190. The van der Waals surface area contributed by atoms with Crippen LogP contribution in [0.15, 0.2) is 69.9 Å². The van der Waals surface area contributed by atoms with Gasteiger partial charge < -0.3 is 0 Å². The topological polar surface area (TPSA) is 115 Å². The summed E-state index contributed by atoms with van der Waals surface area (Å²) in [5.41, 5.74) is 21.8. The molecular weight excluding hydrogens is 352 g/mol. The van der Waals surface area contributed by atoms with Crippen LogP contribution in [0.2, 0.25) is 0 Å². The number of hydrogen-bond acceptors (Lipinski definition) is 3. The molecule has 2 aromatic rings. The molecule has 0 saturated heterocycles. The molecule has 28 heavy (non-hydrogen) atoms. The maximum atomic E-state index is 12.6. The van der Waals surface area contributed by atoms with E-state index in [1.807, 2.05) is 36.4 Å². The van der Waals surface area contributed by atoms with Gasteiger partial charge in [-0.3, -0.25) is 4.79 Å². The zero-order chi connectivity index (χ0) is 19.9. The third-order valence-electron chi connectivity index (χ3n) is 4.68. The molecule has 138 valence electrons. The van der Waals surface area contributed by atoms with E-state index in [0.717, 1.165) is 22.3 Å². The van der Waals surface area contributed by atoms with Gasteiger partial charge in [0.05, 0.1) is 0 Å². The van der Waals surface area contributed by atoms with E-state index in [1.165, 1.54) is 0 Å². The van der Waals surface area contributed by atoms with Crippen molar-refractivity contribution in [1.82, 2.24) is 0 Å². The smallest absolute Gasteiger partial charge is 0.162 e. The summed E-state index contributed by atoms with van der Waals surface area (Å²) in [6, 6.07) is 14.4. The quantitative estimate of drug-likeness (QED) is 0.244. The van der Waals surface area contributed by atoms with Crippen LogP contribution in [-0.4, -0.2) is 5.78 Å². The zero-order valence-electron chi connectivity index (χ0n) is 15.4. The molecule has 1 unspecified atom stereocenters. The van der Waals surface area contributed by atoms with E-state index in [9.17, 15) is 4.79 Å². The van der Waals surface area contributed by atoms with Crippen molar-refractivity contribution in [3.05, 3.63) is 91.7 Å². The van der Waals surface area contributed by atoms with Crippen molar-refractivity contribution in [2.45, 2.75) is 19.8 Å². The van der Waals surface area contributed by atoms with Crippen molar-refractivity contribution in [1.29, 1.82) is 0 Å². The van der Waals surface area contributed by atoms with Gasteiger partial charge in [0.15, 0.2) is 5.78 Å². The SMILES string of the molecule is CC1CC(=Cc2ccc(N=[N+]=[N-])cc2)C(=O)CC1=Cc1ccc(N=[N+]=[N-])cc1. The Bertz CT molecular complexity index is 1040. The average Bonchev–Trinajstić information content (AvgIpc) is 2.69. The Morgan fingerprint density at radius 3 is 1.89 bits per heavy atom. The summed E-state index contributed by atoms with van der Waals surface area (Å²) in [5, 5.41) is 7.11. The molecule has 0 bridgehead atoms. The summed E-state index contributed by atoms with van der Waals surface area (Å²) in [4.78, 5) is 18.1. The van der Waals surface area contributed by atoms with Gasteiger partial charge in [-0.2, -0.15) is 0 Å². The number of rotatable bonds is 4. The van der Waals surface area contributed by atoms with Gasteiger partial charge in [0, 0.05) is 27.6 Å². The summed E-state index contributed by atoms with van der Waals surface area (Å²) in [6.45, 7) is 2.12. The highest BCUT2D eigenvalue weighted by atomic mass is 16.1. The predicted octanol–water partition coefficient (Wildman–Crippen LogP) is 7.04. The van der Waals surface area contributed by atoms with E-state index < -0.39 is 0 Å². The molecule has 0 N–H and O–H groups in total. The lowest BCUT2D eigenvalue weighted by Crippen LogP contribution is -2.17. The number of Topliss-reactive ketones (excluding diaryl/α,β-unsaturated/α-hetero) is 1. The van der Waals surface area contributed by atoms with Gasteiger partial charge in [-0.25, -0.2) is 0 Å². The van der Waals surface area contributed by atoms with Crippen LogP contribution in [0.1, 0.15) is 30.9 Å². The van der Waals surface area contributed by atoms with Crippen LogP contribution in [0.4, 0.5) is 11.4 Å². The summed E-state index contributed by atoms with van der Waals surface area (Å²) < 4.78 is 0. The first-order chi connectivity index (χ1) is 13.6. The number of carbonyl (C=O) groups excluding carboxylic acids is 1. The minimum atomic E-state index is 0.120. The van der Waals surface area contributed by atoms with Crippen LogP contribution in [0.5, 0.6) is 0 Å². The molecule has 3 rings (SSSR count). The van der Waals surface area contributed by atoms with E-state index >= 15 is 0 Å². The maximum absolute atomic E-state index is 12.6. The van der Waals surface area contributed by atoms with E-state index in [2.05, 4.69) is 27.0 Å². The average molecular weight is 370 g/mol. The molecule has 1 saturated carbocycles. The van der Waals surface area contributed by atoms with E-state index in [1.54, 1.807) is 24.3 Å². The molecule has 1 fully saturated rings. The molecule has 0 aliphatic heterocycles. The van der Waals surface area contributed by atoms with Crippen LogP contribution in [0, 0.1) is 5.92 Å². The van der Waals surface area contributed by atoms with Crippen LogP contribution in [-0.2, 0) is 4.79 Å². The number of carbonyl (C=O) groups is 1. The summed E-state index contributed by atoms with van der Waals surface area (Å²) >= 11 is 0. The summed E-state index contributed by atoms with van der Waals surface area (Å²) in [5.74, 6) is 0.373. The lowest BCUT2D eigenvalue weighted by atomic mass is 9.80. The molecule has 0 amide bonds. The highest BCUT2D eigenvalue weighted by Crippen LogP contribution is 2.33. The first-order valence-corrected chi connectivity index (χ1v) is 8.83. The number of allylic oxidation sites excluding steroid dienone is 2. The molecular formula is C21H18N6O. The van der Waals surface area contributed by atoms with E-state index in [0.29, 0.717) is 24.2 Å². The van der Waals surface area contributed by atoms with Crippen molar-refractivity contribution in [2.24, 2.45) is 16.1 Å². The van der Waals surface area contributed by atoms with Crippen molar-refractivity contribution < 1.29 is 4.79 Å². The van der Waals surface area contributed by atoms with Crippen molar-refractivity contribution in [3.63, 3.8) is 0 Å². The van der Waals surface area contributed by atoms with Gasteiger partial charge in [0.2, 0.25) is 0 Å². The van der Waals surface area contributed by atoms with Crippen LogP contribution in [0.25, 0.3) is 33.0 Å². The first kappa shape index (κ1) is 19.0. The third kappa shape index (κ3) is 4.68. The highest BCUT2D eigenvalue weighted by Gasteiger charge is 2.24. The van der Waals surface area contributed by atoms with E-state index in [-0.39, 0.29) is 11.7 Å². The Labute approximate surface area is 162 Å². The Hall–Kier alpha value is -3.79. The zero-order valence-corrected chi connectivity index (χ0v) is 15.4. The first-order valence-electron chi connectivity index (χ1n) is 8.83. The second-order valence-electron chi connectivity index (χ2n) is 6.66. The Kier molecular flexibility index (Phi) is 5.92. The second-order valence-corrected chi connectivity index (χ2v) is 6.66. The number of benzene rings is 2. The Balaban J connectivity index is 1.76. The Morgan fingerprint density at radius 1 is 0.893 bits per heavy atom. The van der Waals surface area contributed by atoms with Gasteiger partial charge in [-0.05, 0) is 46.2 Å². The fourth-order valence-corrected chi connectivity index (χ4v) is 3.17. The molecule has 7 heteroatoms. The van der Waals surface area contributed by atoms with Gasteiger partial charge in [-0.15, -0.1) is 0 Å². The largest absolute Gasteiger partial charge is 0.294 e. The number of azide groups is 2. The number of ketones is 1. The minimum Gasteiger partial charge on any atom is -0.294 e. The predicted molar refractivity (Wildman–Crippen MR) is 110 cm³/mol. The van der Waals surface area contributed by atoms with Crippen LogP contribution < -0.4 is 0 Å². The number of hydrogen-bond donors (Lipinski definition) is 0. The van der Waals surface area contributed by atoms with Crippen molar-refractivity contribution >= 4 is 29.3 Å². The molecule has 0 spiro atoms. The molecule has 7 nitrogen and oxygen atoms in total. The normalized spacial score (nSPS) is 19.2. The lowest BCUT2D eigenvalue weighted by Gasteiger charge is -2.23. The standard InChI is InChI=1S/C21H18N6O/c1-14-10-18(12-16-4-8-20(9-5-16)25-27-23)21(28)13-17(14)11-15-2-6-19(7-3-15)24-26-22/h2-9,11-12,14H,10,13H2,1H3.